The Morgan fingerprint density at radius 3 is 2.52 bits per heavy atom. The highest BCUT2D eigenvalue weighted by atomic mass is 32.1. The molecule has 5 heteroatoms. The summed E-state index contributed by atoms with van der Waals surface area (Å²) in [5.41, 5.74) is 9.24. The zero-order valence-electron chi connectivity index (χ0n) is 12.4. The highest BCUT2D eigenvalue weighted by Gasteiger charge is 2.20. The van der Waals surface area contributed by atoms with Crippen LogP contribution in [0, 0.1) is 5.82 Å². The van der Waals surface area contributed by atoms with Crippen LogP contribution in [0.4, 0.5) is 10.2 Å². The van der Waals surface area contributed by atoms with Gasteiger partial charge in [-0.05, 0) is 42.2 Å². The van der Waals surface area contributed by atoms with E-state index in [9.17, 15) is 4.39 Å². The molecule has 2 aromatic heterocycles. The minimum Gasteiger partial charge on any atom is -0.383 e. The van der Waals surface area contributed by atoms with Crippen molar-refractivity contribution in [2.75, 3.05) is 5.73 Å². The number of aryl methyl sites for hydroxylation is 1. The lowest BCUT2D eigenvalue weighted by atomic mass is 10.1. The molecule has 0 unspecified atom stereocenters. The third kappa shape index (κ3) is 2.21. The summed E-state index contributed by atoms with van der Waals surface area (Å²) >= 11 is 1.65. The molecule has 0 fully saturated rings. The number of fused-ring (bicyclic) bond motifs is 1. The van der Waals surface area contributed by atoms with Crippen LogP contribution in [0.2, 0.25) is 0 Å². The molecule has 0 aliphatic carbocycles. The van der Waals surface area contributed by atoms with Gasteiger partial charge < -0.3 is 5.73 Å². The van der Waals surface area contributed by atoms with E-state index in [1.165, 1.54) is 17.0 Å². The first-order valence-corrected chi connectivity index (χ1v) is 7.90. The summed E-state index contributed by atoms with van der Waals surface area (Å²) in [5.74, 6) is 0.739. The highest BCUT2D eigenvalue weighted by Crippen LogP contribution is 2.36. The van der Waals surface area contributed by atoms with Crippen molar-refractivity contribution in [3.63, 3.8) is 0 Å². The summed E-state index contributed by atoms with van der Waals surface area (Å²) in [7, 11) is 0. The fourth-order valence-electron chi connectivity index (χ4n) is 2.56. The molecule has 3 nitrogen and oxygen atoms in total. The number of hydrogen-bond donors (Lipinski definition) is 1. The summed E-state index contributed by atoms with van der Waals surface area (Å²) in [6, 6.07) is 6.55. The predicted molar refractivity (Wildman–Crippen MR) is 86.3 cm³/mol. The largest absolute Gasteiger partial charge is 0.383 e. The second-order valence-corrected chi connectivity index (χ2v) is 6.45. The summed E-state index contributed by atoms with van der Waals surface area (Å²) < 4.78 is 15.2. The van der Waals surface area contributed by atoms with Gasteiger partial charge in [-0.2, -0.15) is 0 Å². The van der Waals surface area contributed by atoms with E-state index in [0.29, 0.717) is 5.82 Å². The number of nitrogen functional groups attached to an aromatic ring is 1. The van der Waals surface area contributed by atoms with Gasteiger partial charge in [0.2, 0.25) is 0 Å². The van der Waals surface area contributed by atoms with Crippen molar-refractivity contribution in [3.8, 4) is 11.3 Å². The second kappa shape index (κ2) is 5.15. The Kier molecular flexibility index (Phi) is 3.45. The number of rotatable bonds is 3. The Morgan fingerprint density at radius 1 is 1.29 bits per heavy atom. The Hall–Kier alpha value is -1.88. The van der Waals surface area contributed by atoms with Crippen molar-refractivity contribution in [1.82, 2.24) is 9.38 Å². The molecule has 0 saturated heterocycles. The molecule has 0 radical (unpaired) electrons. The summed E-state index contributed by atoms with van der Waals surface area (Å²) in [6.45, 7) is 6.28. The standard InChI is InChI=1S/C16H18FN3S/c1-4-12-14(10-5-7-11(17)8-6-10)20-15(18)13(9(2)3)19-16(20)21-12/h5-9H,4,18H2,1-3H3. The lowest BCUT2D eigenvalue weighted by molar-refractivity contribution is 0.628. The average molecular weight is 303 g/mol. The van der Waals surface area contributed by atoms with Gasteiger partial charge in [0.25, 0.3) is 0 Å². The quantitative estimate of drug-likeness (QED) is 0.775. The molecule has 21 heavy (non-hydrogen) atoms. The van der Waals surface area contributed by atoms with Crippen molar-refractivity contribution in [2.24, 2.45) is 0 Å². The number of halogens is 1. The first-order chi connectivity index (χ1) is 10.0. The molecule has 0 aliphatic rings. The smallest absolute Gasteiger partial charge is 0.196 e. The minimum atomic E-state index is -0.232. The van der Waals surface area contributed by atoms with Crippen LogP contribution in [0.3, 0.4) is 0 Å². The van der Waals surface area contributed by atoms with Crippen molar-refractivity contribution >= 4 is 22.1 Å². The first-order valence-electron chi connectivity index (χ1n) is 7.08. The Balaban J connectivity index is 2.30. The Labute approximate surface area is 127 Å². The molecule has 0 aliphatic heterocycles. The molecule has 0 amide bonds. The van der Waals surface area contributed by atoms with Crippen LogP contribution in [0.15, 0.2) is 24.3 Å². The number of hydrogen-bond acceptors (Lipinski definition) is 3. The molecule has 3 aromatic rings. The number of nitrogens with zero attached hydrogens (tertiary/aromatic N) is 2. The Bertz CT molecular complexity index is 784. The van der Waals surface area contributed by atoms with Gasteiger partial charge in [-0.25, -0.2) is 9.37 Å². The van der Waals surface area contributed by atoms with Crippen LogP contribution in [0.25, 0.3) is 16.2 Å². The molecule has 0 bridgehead atoms. The zero-order valence-corrected chi connectivity index (χ0v) is 13.2. The molecule has 2 heterocycles. The minimum absolute atomic E-state index is 0.232. The molecule has 0 saturated carbocycles. The molecular formula is C16H18FN3S. The third-order valence-corrected chi connectivity index (χ3v) is 4.78. The average Bonchev–Trinajstić information content (AvgIpc) is 2.97. The number of anilines is 1. The molecular weight excluding hydrogens is 285 g/mol. The molecule has 0 spiro atoms. The van der Waals surface area contributed by atoms with E-state index in [1.54, 1.807) is 23.5 Å². The number of aromatic nitrogens is 2. The van der Waals surface area contributed by atoms with E-state index in [2.05, 4.69) is 25.8 Å². The van der Waals surface area contributed by atoms with E-state index in [4.69, 9.17) is 5.73 Å². The van der Waals surface area contributed by atoms with Crippen LogP contribution in [0.5, 0.6) is 0 Å². The third-order valence-electron chi connectivity index (χ3n) is 3.60. The summed E-state index contributed by atoms with van der Waals surface area (Å²) in [6.07, 6.45) is 0.900. The van der Waals surface area contributed by atoms with E-state index in [-0.39, 0.29) is 11.7 Å². The monoisotopic (exact) mass is 303 g/mol. The van der Waals surface area contributed by atoms with Gasteiger partial charge >= 0.3 is 0 Å². The number of benzene rings is 1. The zero-order chi connectivity index (χ0) is 15.1. The van der Waals surface area contributed by atoms with Gasteiger partial charge in [0.1, 0.15) is 11.6 Å². The number of thiazole rings is 1. The van der Waals surface area contributed by atoms with E-state index in [1.807, 2.05) is 4.40 Å². The maximum absolute atomic E-state index is 13.2. The van der Waals surface area contributed by atoms with Gasteiger partial charge in [-0.3, -0.25) is 4.40 Å². The van der Waals surface area contributed by atoms with Crippen LogP contribution in [0.1, 0.15) is 37.3 Å². The molecule has 3 rings (SSSR count). The topological polar surface area (TPSA) is 43.3 Å². The maximum Gasteiger partial charge on any atom is 0.196 e. The van der Waals surface area contributed by atoms with Crippen LogP contribution >= 0.6 is 11.3 Å². The van der Waals surface area contributed by atoms with Crippen molar-refractivity contribution in [3.05, 3.63) is 40.7 Å². The van der Waals surface area contributed by atoms with Gasteiger partial charge in [0.15, 0.2) is 4.96 Å². The molecule has 110 valence electrons. The van der Waals surface area contributed by atoms with Crippen molar-refractivity contribution in [2.45, 2.75) is 33.1 Å². The van der Waals surface area contributed by atoms with Crippen LogP contribution in [-0.2, 0) is 6.42 Å². The fraction of sp³-hybridized carbons (Fsp3) is 0.312. The highest BCUT2D eigenvalue weighted by molar-refractivity contribution is 7.17. The van der Waals surface area contributed by atoms with Gasteiger partial charge in [0.05, 0.1) is 11.4 Å². The molecule has 0 atom stereocenters. The SMILES string of the molecule is CCc1sc2nc(C(C)C)c(N)n2c1-c1ccc(F)cc1. The van der Waals surface area contributed by atoms with E-state index in [0.717, 1.165) is 28.3 Å². The summed E-state index contributed by atoms with van der Waals surface area (Å²) in [4.78, 5) is 6.79. The number of imidazole rings is 1. The number of nitrogens with two attached hydrogens (primary N) is 1. The van der Waals surface area contributed by atoms with E-state index >= 15 is 0 Å². The van der Waals surface area contributed by atoms with Crippen LogP contribution in [-0.4, -0.2) is 9.38 Å². The van der Waals surface area contributed by atoms with Gasteiger partial charge in [-0.1, -0.05) is 20.8 Å². The second-order valence-electron chi connectivity index (χ2n) is 5.39. The predicted octanol–water partition coefficient (Wildman–Crippen LogP) is 4.47. The lowest BCUT2D eigenvalue weighted by Gasteiger charge is -2.07. The Morgan fingerprint density at radius 2 is 1.95 bits per heavy atom. The van der Waals surface area contributed by atoms with E-state index < -0.39 is 0 Å². The maximum atomic E-state index is 13.2. The van der Waals surface area contributed by atoms with Crippen molar-refractivity contribution < 1.29 is 4.39 Å². The van der Waals surface area contributed by atoms with Crippen molar-refractivity contribution in [1.29, 1.82) is 0 Å². The van der Waals surface area contributed by atoms with Crippen LogP contribution < -0.4 is 5.73 Å². The first kappa shape index (κ1) is 14.1. The lowest BCUT2D eigenvalue weighted by Crippen LogP contribution is -2.00. The normalized spacial score (nSPS) is 11.7. The van der Waals surface area contributed by atoms with Gasteiger partial charge in [0, 0.05) is 4.88 Å². The molecule has 1 aromatic carbocycles. The fourth-order valence-corrected chi connectivity index (χ4v) is 3.65. The molecule has 2 N–H and O–H groups in total. The summed E-state index contributed by atoms with van der Waals surface area (Å²) in [5, 5.41) is 0. The van der Waals surface area contributed by atoms with Gasteiger partial charge in [-0.15, -0.1) is 11.3 Å².